The number of carbonyl (C=O) groups excluding carboxylic acids is 1. The molecule has 0 amide bonds. The number of esters is 1. The standard InChI is InChI=1S/C22H18N8O6/c31-9-14(32)17-15(27-29-18-20(33)25-12-7-3-1-5-10(12)23-18)16(22(35)36-17)28-30-19-21(34)26-13-8-4-2-6-11(13)24-19/h1-8,14,17,31-32H,9H2,(H,23,29)(H,24,30)(H,25,33)(H,26,34). The first-order valence-electron chi connectivity index (χ1n) is 10.6. The molecule has 0 aliphatic carbocycles. The number of nitrogens with zero attached hydrogens (tertiary/aromatic N) is 4. The largest absolute Gasteiger partial charge is 0.448 e. The van der Waals surface area contributed by atoms with Crippen molar-refractivity contribution in [1.82, 2.24) is 19.9 Å². The van der Waals surface area contributed by atoms with Crippen molar-refractivity contribution < 1.29 is 19.7 Å². The highest BCUT2D eigenvalue weighted by Gasteiger charge is 2.43. The van der Waals surface area contributed by atoms with Crippen LogP contribution < -0.4 is 22.0 Å². The van der Waals surface area contributed by atoms with Crippen LogP contribution in [0.15, 0.2) is 68.3 Å². The van der Waals surface area contributed by atoms with E-state index in [1.165, 1.54) is 0 Å². The van der Waals surface area contributed by atoms with Gasteiger partial charge in [0.2, 0.25) is 11.6 Å². The van der Waals surface area contributed by atoms with Gasteiger partial charge in [-0.2, -0.15) is 10.2 Å². The maximum atomic E-state index is 12.5. The van der Waals surface area contributed by atoms with Gasteiger partial charge < -0.3 is 24.9 Å². The van der Waals surface area contributed by atoms with E-state index in [0.717, 1.165) is 0 Å². The van der Waals surface area contributed by atoms with Crippen molar-refractivity contribution in [1.29, 1.82) is 0 Å². The van der Waals surface area contributed by atoms with E-state index in [1.54, 1.807) is 48.5 Å². The molecule has 2 atom stereocenters. The number of carbonyl (C=O) groups is 1. The molecule has 0 radical (unpaired) electrons. The number of benzene rings is 2. The molecule has 1 fully saturated rings. The van der Waals surface area contributed by atoms with Crippen LogP contribution in [0, 0.1) is 0 Å². The van der Waals surface area contributed by atoms with E-state index in [-0.39, 0.29) is 17.3 Å². The highest BCUT2D eigenvalue weighted by Crippen LogP contribution is 2.16. The summed E-state index contributed by atoms with van der Waals surface area (Å²) in [5, 5.41) is 27.5. The Balaban J connectivity index is 1.50. The highest BCUT2D eigenvalue weighted by atomic mass is 16.6. The Morgan fingerprint density at radius 1 is 0.889 bits per heavy atom. The number of aromatic nitrogens is 4. The maximum absolute atomic E-state index is 12.5. The number of fused-ring (bicyclic) bond motifs is 2. The van der Waals surface area contributed by atoms with E-state index in [4.69, 9.17) is 4.74 Å². The number of aliphatic hydroxyl groups excluding tert-OH is 2. The van der Waals surface area contributed by atoms with Crippen LogP contribution in [0.4, 0.5) is 11.6 Å². The SMILES string of the molecule is O=C1OC(C(O)CO)C(=NNc2nc3ccccc3[nH]c2=O)C1=NNc1nc2ccccc2[nH]c1=O. The van der Waals surface area contributed by atoms with Crippen molar-refractivity contribution in [3.8, 4) is 0 Å². The molecule has 0 spiro atoms. The summed E-state index contributed by atoms with van der Waals surface area (Å²) in [5.41, 5.74) is 5.00. The first kappa shape index (κ1) is 22.8. The van der Waals surface area contributed by atoms with Crippen molar-refractivity contribution in [2.75, 3.05) is 17.5 Å². The van der Waals surface area contributed by atoms with Crippen molar-refractivity contribution >= 4 is 51.1 Å². The number of para-hydroxylation sites is 4. The Bertz CT molecular complexity index is 1660. The third-order valence-electron chi connectivity index (χ3n) is 5.23. The minimum atomic E-state index is -1.53. The Labute approximate surface area is 200 Å². The first-order valence-corrected chi connectivity index (χ1v) is 10.6. The van der Waals surface area contributed by atoms with Gasteiger partial charge in [0.15, 0.2) is 11.8 Å². The van der Waals surface area contributed by atoms with Gasteiger partial charge in [-0.05, 0) is 24.3 Å². The van der Waals surface area contributed by atoms with Gasteiger partial charge in [0.05, 0.1) is 28.7 Å². The average Bonchev–Trinajstić information content (AvgIpc) is 3.20. The summed E-state index contributed by atoms with van der Waals surface area (Å²) in [4.78, 5) is 50.9. The lowest BCUT2D eigenvalue weighted by Crippen LogP contribution is -2.36. The molecule has 0 saturated carbocycles. The molecule has 2 aromatic carbocycles. The van der Waals surface area contributed by atoms with E-state index >= 15 is 0 Å². The molecule has 1 saturated heterocycles. The lowest BCUT2D eigenvalue weighted by molar-refractivity contribution is -0.140. The minimum Gasteiger partial charge on any atom is -0.448 e. The molecule has 4 aromatic rings. The van der Waals surface area contributed by atoms with Gasteiger partial charge in [0.1, 0.15) is 11.8 Å². The third kappa shape index (κ3) is 4.28. The summed E-state index contributed by atoms with van der Waals surface area (Å²) in [5.74, 6) is -1.39. The Hall–Kier alpha value is -4.95. The summed E-state index contributed by atoms with van der Waals surface area (Å²) in [6.07, 6.45) is -2.94. The number of rotatable bonds is 6. The molecular weight excluding hydrogens is 472 g/mol. The number of anilines is 2. The zero-order chi connectivity index (χ0) is 25.2. The molecule has 5 rings (SSSR count). The predicted molar refractivity (Wildman–Crippen MR) is 130 cm³/mol. The summed E-state index contributed by atoms with van der Waals surface area (Å²) in [6.45, 7) is -0.752. The molecular formula is C22H18N8O6. The summed E-state index contributed by atoms with van der Waals surface area (Å²) >= 11 is 0. The summed E-state index contributed by atoms with van der Waals surface area (Å²) in [7, 11) is 0. The zero-order valence-corrected chi connectivity index (χ0v) is 18.3. The Morgan fingerprint density at radius 2 is 1.42 bits per heavy atom. The fourth-order valence-electron chi connectivity index (χ4n) is 3.47. The molecule has 14 heteroatoms. The second-order valence-electron chi connectivity index (χ2n) is 7.62. The van der Waals surface area contributed by atoms with E-state index in [2.05, 4.69) is 41.0 Å². The van der Waals surface area contributed by atoms with Gasteiger partial charge in [-0.25, -0.2) is 14.8 Å². The second kappa shape index (κ2) is 9.36. The van der Waals surface area contributed by atoms with Gasteiger partial charge in [0.25, 0.3) is 11.1 Å². The number of nitrogens with one attached hydrogen (secondary N) is 4. The fraction of sp³-hybridized carbons (Fsp3) is 0.136. The molecule has 36 heavy (non-hydrogen) atoms. The Kier molecular flexibility index (Phi) is 5.93. The number of aliphatic hydroxyl groups is 2. The first-order chi connectivity index (χ1) is 17.4. The molecule has 6 N–H and O–H groups in total. The maximum Gasteiger partial charge on any atom is 0.361 e. The fourth-order valence-corrected chi connectivity index (χ4v) is 3.47. The molecule has 14 nitrogen and oxygen atoms in total. The summed E-state index contributed by atoms with van der Waals surface area (Å²) < 4.78 is 5.11. The van der Waals surface area contributed by atoms with Crippen LogP contribution in [0.5, 0.6) is 0 Å². The molecule has 2 unspecified atom stereocenters. The van der Waals surface area contributed by atoms with Crippen molar-refractivity contribution in [2.45, 2.75) is 12.2 Å². The quantitative estimate of drug-likeness (QED) is 0.153. The number of ether oxygens (including phenoxy) is 1. The monoisotopic (exact) mass is 490 g/mol. The van der Waals surface area contributed by atoms with Crippen LogP contribution in [0.2, 0.25) is 0 Å². The lowest BCUT2D eigenvalue weighted by Gasteiger charge is -2.14. The number of hydrogen-bond donors (Lipinski definition) is 6. The molecule has 2 aromatic heterocycles. The third-order valence-corrected chi connectivity index (χ3v) is 5.23. The van der Waals surface area contributed by atoms with Crippen LogP contribution in [-0.4, -0.2) is 66.4 Å². The predicted octanol–water partition coefficient (Wildman–Crippen LogP) is -0.326. The van der Waals surface area contributed by atoms with Crippen molar-refractivity contribution in [3.05, 3.63) is 69.2 Å². The topological polar surface area (TPSA) is 207 Å². The van der Waals surface area contributed by atoms with Gasteiger partial charge in [-0.1, -0.05) is 24.3 Å². The van der Waals surface area contributed by atoms with Gasteiger partial charge in [-0.15, -0.1) is 0 Å². The molecule has 1 aliphatic heterocycles. The van der Waals surface area contributed by atoms with Gasteiger partial charge in [0, 0.05) is 0 Å². The minimum absolute atomic E-state index is 0.197. The van der Waals surface area contributed by atoms with Crippen LogP contribution in [0.3, 0.4) is 0 Å². The van der Waals surface area contributed by atoms with Crippen molar-refractivity contribution in [3.63, 3.8) is 0 Å². The second-order valence-corrected chi connectivity index (χ2v) is 7.62. The van der Waals surface area contributed by atoms with E-state index in [1.807, 2.05) is 0 Å². The lowest BCUT2D eigenvalue weighted by atomic mass is 10.1. The van der Waals surface area contributed by atoms with Gasteiger partial charge >= 0.3 is 5.97 Å². The normalized spacial score (nSPS) is 18.6. The summed E-state index contributed by atoms with van der Waals surface area (Å²) in [6, 6.07) is 13.6. The number of hydrazone groups is 2. The number of aromatic amines is 2. The van der Waals surface area contributed by atoms with Crippen LogP contribution in [-0.2, 0) is 9.53 Å². The van der Waals surface area contributed by atoms with Crippen LogP contribution in [0.1, 0.15) is 0 Å². The van der Waals surface area contributed by atoms with Crippen LogP contribution >= 0.6 is 0 Å². The molecule has 1 aliphatic rings. The Morgan fingerprint density at radius 3 is 1.97 bits per heavy atom. The number of cyclic esters (lactones) is 1. The van der Waals surface area contributed by atoms with E-state index in [0.29, 0.717) is 22.1 Å². The smallest absolute Gasteiger partial charge is 0.361 e. The van der Waals surface area contributed by atoms with Gasteiger partial charge in [-0.3, -0.25) is 20.4 Å². The highest BCUT2D eigenvalue weighted by molar-refractivity contribution is 6.69. The van der Waals surface area contributed by atoms with Crippen molar-refractivity contribution in [2.24, 2.45) is 10.2 Å². The average molecular weight is 490 g/mol. The molecule has 3 heterocycles. The number of hydrogen-bond acceptors (Lipinski definition) is 12. The zero-order valence-electron chi connectivity index (χ0n) is 18.3. The van der Waals surface area contributed by atoms with Crippen LogP contribution in [0.25, 0.3) is 22.1 Å². The molecule has 0 bridgehead atoms. The molecule has 182 valence electrons. The number of H-pyrrole nitrogens is 2. The van der Waals surface area contributed by atoms with E-state index in [9.17, 15) is 24.6 Å². The van der Waals surface area contributed by atoms with E-state index < -0.39 is 41.6 Å².